The van der Waals surface area contributed by atoms with Gasteiger partial charge >= 0.3 is 0 Å². The molecule has 0 radical (unpaired) electrons. The van der Waals surface area contributed by atoms with E-state index < -0.39 is 5.56 Å². The molecule has 1 atom stereocenters. The second-order valence-electron chi connectivity index (χ2n) is 5.60. The lowest BCUT2D eigenvalue weighted by atomic mass is 10.1. The van der Waals surface area contributed by atoms with Crippen LogP contribution >= 0.6 is 11.3 Å². The molecule has 2 heterocycles. The number of fused-ring (bicyclic) bond motifs is 1. The molecule has 0 aliphatic rings. The topological polar surface area (TPSA) is 85.6 Å². The van der Waals surface area contributed by atoms with Crippen molar-refractivity contribution in [3.63, 3.8) is 0 Å². The van der Waals surface area contributed by atoms with Crippen molar-refractivity contribution in [3.05, 3.63) is 51.4 Å². The maximum atomic E-state index is 12.6. The third-order valence-electron chi connectivity index (χ3n) is 3.94. The number of ether oxygens (including phenoxy) is 1. The van der Waals surface area contributed by atoms with Crippen LogP contribution in [0.15, 0.2) is 35.3 Å². The van der Waals surface area contributed by atoms with Gasteiger partial charge in [0.05, 0.1) is 13.3 Å². The predicted octanol–water partition coefficient (Wildman–Crippen LogP) is 2.93. The zero-order valence-corrected chi connectivity index (χ0v) is 15.0. The van der Waals surface area contributed by atoms with Crippen molar-refractivity contribution in [2.24, 2.45) is 0 Å². The third kappa shape index (κ3) is 3.39. The minimum absolute atomic E-state index is 0.0966. The van der Waals surface area contributed by atoms with E-state index in [0.717, 1.165) is 11.4 Å². The molecular weight excluding hydrogens is 340 g/mol. The van der Waals surface area contributed by atoms with E-state index in [9.17, 15) is 9.59 Å². The van der Waals surface area contributed by atoms with Gasteiger partial charge in [0.2, 0.25) is 4.96 Å². The monoisotopic (exact) mass is 358 g/mol. The lowest BCUT2D eigenvalue weighted by molar-refractivity contribution is 0.102. The molecule has 0 aliphatic carbocycles. The first-order chi connectivity index (χ1) is 12.0. The molecule has 0 saturated heterocycles. The number of rotatable bonds is 5. The Balaban J connectivity index is 1.89. The van der Waals surface area contributed by atoms with Crippen molar-refractivity contribution in [1.82, 2.24) is 14.6 Å². The van der Waals surface area contributed by atoms with Crippen LogP contribution in [0.2, 0.25) is 0 Å². The Morgan fingerprint density at radius 1 is 1.36 bits per heavy atom. The highest BCUT2D eigenvalue weighted by atomic mass is 32.1. The van der Waals surface area contributed by atoms with E-state index in [1.807, 2.05) is 0 Å². The SMILES string of the molecule is CC[C@@H](C)c1nn2c(=O)c(NC(=O)c3ccc(OC)cc3)cnc2s1. The number of methoxy groups -OCH3 is 1. The number of amides is 1. The summed E-state index contributed by atoms with van der Waals surface area (Å²) in [7, 11) is 1.55. The molecule has 8 heteroatoms. The Kier molecular flexibility index (Phi) is 4.80. The summed E-state index contributed by atoms with van der Waals surface area (Å²) in [5, 5.41) is 7.79. The molecular formula is C17H18N4O3S. The molecule has 1 N–H and O–H groups in total. The molecule has 25 heavy (non-hydrogen) atoms. The van der Waals surface area contributed by atoms with Crippen molar-refractivity contribution < 1.29 is 9.53 Å². The predicted molar refractivity (Wildman–Crippen MR) is 96.8 cm³/mol. The molecule has 3 aromatic rings. The summed E-state index contributed by atoms with van der Waals surface area (Å²) in [6.45, 7) is 4.11. The quantitative estimate of drug-likeness (QED) is 0.758. The molecule has 0 unspecified atom stereocenters. The van der Waals surface area contributed by atoms with Crippen molar-refractivity contribution in [3.8, 4) is 5.75 Å². The average molecular weight is 358 g/mol. The van der Waals surface area contributed by atoms with Gasteiger partial charge in [-0.05, 0) is 30.7 Å². The molecule has 3 rings (SSSR count). The number of nitrogens with one attached hydrogen (secondary N) is 1. The zero-order valence-electron chi connectivity index (χ0n) is 14.1. The highest BCUT2D eigenvalue weighted by Gasteiger charge is 2.15. The van der Waals surface area contributed by atoms with Crippen molar-refractivity contribution in [2.75, 3.05) is 12.4 Å². The second kappa shape index (κ2) is 7.02. The van der Waals surface area contributed by atoms with Gasteiger partial charge in [-0.15, -0.1) is 0 Å². The molecule has 0 saturated carbocycles. The molecule has 130 valence electrons. The number of carbonyl (C=O) groups is 1. The van der Waals surface area contributed by atoms with Crippen LogP contribution in [0.1, 0.15) is 41.6 Å². The average Bonchev–Trinajstić information content (AvgIpc) is 3.08. The highest BCUT2D eigenvalue weighted by Crippen LogP contribution is 2.23. The number of carbonyl (C=O) groups excluding carboxylic acids is 1. The van der Waals surface area contributed by atoms with Crippen LogP contribution in [-0.2, 0) is 0 Å². The van der Waals surface area contributed by atoms with Gasteiger partial charge in [0, 0.05) is 11.5 Å². The van der Waals surface area contributed by atoms with Gasteiger partial charge in [0.25, 0.3) is 11.5 Å². The van der Waals surface area contributed by atoms with Crippen molar-refractivity contribution in [2.45, 2.75) is 26.2 Å². The normalized spacial score (nSPS) is 12.1. The lowest BCUT2D eigenvalue weighted by Crippen LogP contribution is -2.23. The van der Waals surface area contributed by atoms with Gasteiger partial charge in [-0.3, -0.25) is 9.59 Å². The molecule has 1 aromatic carbocycles. The summed E-state index contributed by atoms with van der Waals surface area (Å²) in [6, 6.07) is 6.62. The van der Waals surface area contributed by atoms with Crippen LogP contribution in [0.4, 0.5) is 5.69 Å². The third-order valence-corrected chi connectivity index (χ3v) is 5.09. The van der Waals surface area contributed by atoms with Gasteiger partial charge in [0.1, 0.15) is 16.4 Å². The van der Waals surface area contributed by atoms with E-state index in [4.69, 9.17) is 4.74 Å². The molecule has 0 fully saturated rings. The smallest absolute Gasteiger partial charge is 0.298 e. The first-order valence-corrected chi connectivity index (χ1v) is 8.69. The molecule has 0 aliphatic heterocycles. The zero-order chi connectivity index (χ0) is 18.0. The summed E-state index contributed by atoms with van der Waals surface area (Å²) < 4.78 is 6.31. The number of nitrogens with zero attached hydrogens (tertiary/aromatic N) is 3. The Labute approximate surface area is 148 Å². The van der Waals surface area contributed by atoms with E-state index in [1.165, 1.54) is 22.0 Å². The first-order valence-electron chi connectivity index (χ1n) is 7.87. The van der Waals surface area contributed by atoms with Crippen LogP contribution in [0.5, 0.6) is 5.75 Å². The Bertz CT molecular complexity index is 962. The summed E-state index contributed by atoms with van der Waals surface area (Å²) >= 11 is 1.39. The number of aromatic nitrogens is 3. The minimum Gasteiger partial charge on any atom is -0.497 e. The van der Waals surface area contributed by atoms with E-state index in [-0.39, 0.29) is 17.5 Å². The number of benzene rings is 1. The first kappa shape index (κ1) is 17.1. The van der Waals surface area contributed by atoms with Gasteiger partial charge < -0.3 is 10.1 Å². The fraction of sp³-hybridized carbons (Fsp3) is 0.294. The Hall–Kier alpha value is -2.74. The Morgan fingerprint density at radius 3 is 2.72 bits per heavy atom. The standard InChI is InChI=1S/C17H18N4O3S/c1-4-10(2)15-20-21-16(23)13(9-18-17(21)25-15)19-14(22)11-5-7-12(24-3)8-6-11/h5-10H,4H2,1-3H3,(H,19,22)/t10-/m1/s1. The lowest BCUT2D eigenvalue weighted by Gasteiger charge is -2.05. The summed E-state index contributed by atoms with van der Waals surface area (Å²) in [5.74, 6) is 0.516. The summed E-state index contributed by atoms with van der Waals surface area (Å²) in [4.78, 5) is 29.6. The van der Waals surface area contributed by atoms with Gasteiger partial charge in [0.15, 0.2) is 0 Å². The molecule has 2 aromatic heterocycles. The van der Waals surface area contributed by atoms with E-state index in [2.05, 4.69) is 29.2 Å². The fourth-order valence-electron chi connectivity index (χ4n) is 2.20. The minimum atomic E-state index is -0.391. The second-order valence-corrected chi connectivity index (χ2v) is 6.59. The van der Waals surface area contributed by atoms with E-state index in [1.54, 1.807) is 31.4 Å². The van der Waals surface area contributed by atoms with E-state index >= 15 is 0 Å². The molecule has 1 amide bonds. The fourth-order valence-corrected chi connectivity index (χ4v) is 3.19. The maximum absolute atomic E-state index is 12.6. The van der Waals surface area contributed by atoms with Crippen molar-refractivity contribution in [1.29, 1.82) is 0 Å². The molecule has 7 nitrogen and oxygen atoms in total. The van der Waals surface area contributed by atoms with Crippen LogP contribution in [0, 0.1) is 0 Å². The highest BCUT2D eigenvalue weighted by molar-refractivity contribution is 7.16. The molecule has 0 spiro atoms. The van der Waals surface area contributed by atoms with Crippen LogP contribution < -0.4 is 15.6 Å². The largest absolute Gasteiger partial charge is 0.497 e. The van der Waals surface area contributed by atoms with Gasteiger partial charge in [-0.1, -0.05) is 25.2 Å². The van der Waals surface area contributed by atoms with Gasteiger partial charge in [-0.25, -0.2) is 4.98 Å². The van der Waals surface area contributed by atoms with Crippen molar-refractivity contribution >= 4 is 27.9 Å². The summed E-state index contributed by atoms with van der Waals surface area (Å²) in [6.07, 6.45) is 2.30. The van der Waals surface area contributed by atoms with Crippen LogP contribution in [0.3, 0.4) is 0 Å². The Morgan fingerprint density at radius 2 is 2.08 bits per heavy atom. The van der Waals surface area contributed by atoms with Gasteiger partial charge in [-0.2, -0.15) is 9.61 Å². The number of hydrogen-bond acceptors (Lipinski definition) is 6. The van der Waals surface area contributed by atoms with Crippen LogP contribution in [-0.4, -0.2) is 27.6 Å². The van der Waals surface area contributed by atoms with Crippen LogP contribution in [0.25, 0.3) is 4.96 Å². The number of anilines is 1. The molecule has 0 bridgehead atoms. The maximum Gasteiger partial charge on any atom is 0.298 e. The van der Waals surface area contributed by atoms with E-state index in [0.29, 0.717) is 16.3 Å². The number of hydrogen-bond donors (Lipinski definition) is 1. The summed E-state index contributed by atoms with van der Waals surface area (Å²) in [5.41, 5.74) is 0.126.